The lowest BCUT2D eigenvalue weighted by molar-refractivity contribution is -0.661. The van der Waals surface area contributed by atoms with E-state index < -0.39 is 0 Å². The number of hydrogen-bond donors (Lipinski definition) is 0. The van der Waals surface area contributed by atoms with Gasteiger partial charge in [0.15, 0.2) is 0 Å². The van der Waals surface area contributed by atoms with Gasteiger partial charge in [0.2, 0.25) is 10.7 Å². The second-order valence-electron chi connectivity index (χ2n) is 3.21. The Balaban J connectivity index is 2.49. The smallest absolute Gasteiger partial charge is 0.207 e. The van der Waals surface area contributed by atoms with Crippen molar-refractivity contribution in [3.05, 3.63) is 40.5 Å². The van der Waals surface area contributed by atoms with Crippen LogP contribution in [0.2, 0.25) is 0 Å². The molecule has 0 aliphatic carbocycles. The number of benzene rings is 1. The first-order valence-electron chi connectivity index (χ1n) is 4.38. The van der Waals surface area contributed by atoms with Gasteiger partial charge in [-0.05, 0) is 24.3 Å². The van der Waals surface area contributed by atoms with E-state index in [1.54, 1.807) is 23.5 Å². The standard InChI is InChI=1S/C11H11FNS/c1-8-13(2)11(7-14-8)9-3-5-10(12)6-4-9/h3-7H,1-2H3/q+1. The predicted octanol–water partition coefficient (Wildman–Crippen LogP) is 2.69. The summed E-state index contributed by atoms with van der Waals surface area (Å²) in [7, 11) is 2.02. The molecular weight excluding hydrogens is 197 g/mol. The fourth-order valence-corrected chi connectivity index (χ4v) is 2.18. The molecule has 0 saturated heterocycles. The van der Waals surface area contributed by atoms with E-state index in [0.29, 0.717) is 0 Å². The lowest BCUT2D eigenvalue weighted by atomic mass is 10.2. The van der Waals surface area contributed by atoms with Crippen LogP contribution in [0.4, 0.5) is 4.39 Å². The minimum Gasteiger partial charge on any atom is -0.207 e. The first kappa shape index (κ1) is 9.34. The maximum atomic E-state index is 12.7. The second-order valence-corrected chi connectivity index (χ2v) is 4.27. The molecule has 1 nitrogen and oxygen atoms in total. The van der Waals surface area contributed by atoms with Crippen LogP contribution >= 0.6 is 11.3 Å². The molecule has 0 radical (unpaired) electrons. The van der Waals surface area contributed by atoms with Gasteiger partial charge in [-0.3, -0.25) is 0 Å². The van der Waals surface area contributed by atoms with Gasteiger partial charge in [-0.15, -0.1) is 0 Å². The van der Waals surface area contributed by atoms with Gasteiger partial charge in [0, 0.05) is 12.5 Å². The molecule has 0 unspecified atom stereocenters. The van der Waals surface area contributed by atoms with Crippen LogP contribution in [0.1, 0.15) is 5.01 Å². The van der Waals surface area contributed by atoms with E-state index in [1.807, 2.05) is 7.05 Å². The van der Waals surface area contributed by atoms with Gasteiger partial charge in [-0.25, -0.2) is 4.39 Å². The van der Waals surface area contributed by atoms with Crippen molar-refractivity contribution < 1.29 is 8.96 Å². The maximum Gasteiger partial charge on any atom is 0.234 e. The molecule has 2 rings (SSSR count). The fourth-order valence-electron chi connectivity index (χ4n) is 1.35. The third-order valence-electron chi connectivity index (χ3n) is 2.31. The molecule has 0 N–H and O–H groups in total. The van der Waals surface area contributed by atoms with Crippen LogP contribution in [-0.4, -0.2) is 0 Å². The van der Waals surface area contributed by atoms with Crippen molar-refractivity contribution in [2.75, 3.05) is 0 Å². The Hall–Kier alpha value is -1.22. The van der Waals surface area contributed by atoms with Gasteiger partial charge in [0.1, 0.15) is 12.9 Å². The second kappa shape index (κ2) is 3.50. The highest BCUT2D eigenvalue weighted by molar-refractivity contribution is 7.09. The largest absolute Gasteiger partial charge is 0.234 e. The van der Waals surface area contributed by atoms with Crippen LogP contribution in [0.3, 0.4) is 0 Å². The summed E-state index contributed by atoms with van der Waals surface area (Å²) < 4.78 is 14.8. The van der Waals surface area contributed by atoms with Crippen LogP contribution in [-0.2, 0) is 7.05 Å². The molecule has 0 fully saturated rings. The molecule has 0 aliphatic heterocycles. The van der Waals surface area contributed by atoms with Crippen molar-refractivity contribution in [3.63, 3.8) is 0 Å². The highest BCUT2D eigenvalue weighted by Crippen LogP contribution is 2.19. The Morgan fingerprint density at radius 2 is 1.86 bits per heavy atom. The number of aromatic nitrogens is 1. The van der Waals surface area contributed by atoms with E-state index in [2.05, 4.69) is 16.9 Å². The summed E-state index contributed by atoms with van der Waals surface area (Å²) in [6, 6.07) is 6.58. The van der Waals surface area contributed by atoms with Crippen molar-refractivity contribution in [1.82, 2.24) is 0 Å². The summed E-state index contributed by atoms with van der Waals surface area (Å²) in [5, 5.41) is 3.33. The van der Waals surface area contributed by atoms with Crippen LogP contribution < -0.4 is 4.57 Å². The highest BCUT2D eigenvalue weighted by atomic mass is 32.1. The van der Waals surface area contributed by atoms with Crippen molar-refractivity contribution in [2.24, 2.45) is 7.05 Å². The molecule has 1 aromatic carbocycles. The van der Waals surface area contributed by atoms with Crippen LogP contribution in [0.25, 0.3) is 11.3 Å². The molecule has 0 saturated carbocycles. The molecule has 14 heavy (non-hydrogen) atoms. The van der Waals surface area contributed by atoms with Crippen molar-refractivity contribution >= 4 is 11.3 Å². The summed E-state index contributed by atoms with van der Waals surface area (Å²) in [6.07, 6.45) is 0. The molecule has 0 aliphatic rings. The van der Waals surface area contributed by atoms with Gasteiger partial charge >= 0.3 is 0 Å². The Morgan fingerprint density at radius 3 is 2.36 bits per heavy atom. The summed E-state index contributed by atoms with van der Waals surface area (Å²) in [6.45, 7) is 2.07. The predicted molar refractivity (Wildman–Crippen MR) is 55.6 cm³/mol. The minimum absolute atomic E-state index is 0.191. The normalized spacial score (nSPS) is 10.5. The van der Waals surface area contributed by atoms with Crippen LogP contribution in [0, 0.1) is 12.7 Å². The lowest BCUT2D eigenvalue weighted by Gasteiger charge is -1.94. The van der Waals surface area contributed by atoms with E-state index in [4.69, 9.17) is 0 Å². The number of rotatable bonds is 1. The number of nitrogens with zero attached hydrogens (tertiary/aromatic N) is 1. The van der Waals surface area contributed by atoms with Gasteiger partial charge in [0.05, 0.1) is 5.38 Å². The number of halogens is 1. The molecule has 3 heteroatoms. The highest BCUT2D eigenvalue weighted by Gasteiger charge is 2.13. The average molecular weight is 208 g/mol. The quantitative estimate of drug-likeness (QED) is 0.634. The third kappa shape index (κ3) is 1.55. The summed E-state index contributed by atoms with van der Waals surface area (Å²) >= 11 is 1.70. The number of aryl methyl sites for hydroxylation is 1. The van der Waals surface area contributed by atoms with E-state index in [-0.39, 0.29) is 5.82 Å². The average Bonchev–Trinajstić information content (AvgIpc) is 2.50. The first-order valence-corrected chi connectivity index (χ1v) is 5.26. The van der Waals surface area contributed by atoms with Crippen molar-refractivity contribution in [3.8, 4) is 11.3 Å². The topological polar surface area (TPSA) is 3.88 Å². The summed E-state index contributed by atoms with van der Waals surface area (Å²) in [4.78, 5) is 0. The molecule has 1 aromatic heterocycles. The van der Waals surface area contributed by atoms with Crippen molar-refractivity contribution in [2.45, 2.75) is 6.92 Å². The molecular formula is C11H11FNS+. The van der Waals surface area contributed by atoms with Gasteiger partial charge in [0.25, 0.3) is 0 Å². The van der Waals surface area contributed by atoms with Gasteiger partial charge < -0.3 is 0 Å². The molecule has 0 bridgehead atoms. The van der Waals surface area contributed by atoms with Gasteiger partial charge in [-0.2, -0.15) is 4.57 Å². The number of hydrogen-bond acceptors (Lipinski definition) is 1. The van der Waals surface area contributed by atoms with E-state index in [9.17, 15) is 4.39 Å². The third-order valence-corrected chi connectivity index (χ3v) is 3.27. The zero-order valence-electron chi connectivity index (χ0n) is 8.12. The van der Waals surface area contributed by atoms with Crippen LogP contribution in [0.5, 0.6) is 0 Å². The Labute approximate surface area is 86.5 Å². The first-order chi connectivity index (χ1) is 6.68. The zero-order valence-corrected chi connectivity index (χ0v) is 8.94. The zero-order chi connectivity index (χ0) is 10.1. The fraction of sp³-hybridized carbons (Fsp3) is 0.182. The molecule has 0 amide bonds. The molecule has 1 heterocycles. The minimum atomic E-state index is -0.191. The molecule has 0 atom stereocenters. The SMILES string of the molecule is Cc1scc(-c2ccc(F)cc2)[n+]1C. The summed E-state index contributed by atoms with van der Waals surface area (Å²) in [5.41, 5.74) is 2.19. The van der Waals surface area contributed by atoms with E-state index in [0.717, 1.165) is 11.3 Å². The Kier molecular flexibility index (Phi) is 2.33. The maximum absolute atomic E-state index is 12.7. The van der Waals surface area contributed by atoms with Crippen LogP contribution in [0.15, 0.2) is 29.6 Å². The van der Waals surface area contributed by atoms with E-state index in [1.165, 1.54) is 17.1 Å². The number of thiazole rings is 1. The Morgan fingerprint density at radius 1 is 1.21 bits per heavy atom. The van der Waals surface area contributed by atoms with Crippen molar-refractivity contribution in [1.29, 1.82) is 0 Å². The summed E-state index contributed by atoms with van der Waals surface area (Å²) in [5.74, 6) is -0.191. The molecule has 2 aromatic rings. The lowest BCUT2D eigenvalue weighted by Crippen LogP contribution is -2.30. The molecule has 72 valence electrons. The van der Waals surface area contributed by atoms with Gasteiger partial charge in [-0.1, -0.05) is 11.3 Å². The monoisotopic (exact) mass is 208 g/mol. The molecule has 0 spiro atoms. The Bertz CT molecular complexity index is 445. The van der Waals surface area contributed by atoms with E-state index >= 15 is 0 Å².